The molecular formula is C24H25BrN2O6S2Si. The van der Waals surface area contributed by atoms with Crippen LogP contribution in [0.5, 0.6) is 0 Å². The van der Waals surface area contributed by atoms with Gasteiger partial charge in [0.25, 0.3) is 15.7 Å². The van der Waals surface area contributed by atoms with Gasteiger partial charge in [-0.05, 0) is 69.7 Å². The molecule has 0 saturated heterocycles. The topological polar surface area (TPSA) is 107 Å². The number of nitro groups is 1. The number of nitro benzene ring substituents is 1. The molecule has 0 amide bonds. The number of nitrogens with zero attached hydrogens (tertiary/aromatic N) is 2. The van der Waals surface area contributed by atoms with Crippen molar-refractivity contribution in [2.45, 2.75) is 37.0 Å². The molecule has 1 aliphatic heterocycles. The van der Waals surface area contributed by atoms with E-state index in [1.54, 1.807) is 12.1 Å². The number of esters is 1. The fourth-order valence-electron chi connectivity index (χ4n) is 3.86. The van der Waals surface area contributed by atoms with Gasteiger partial charge in [0, 0.05) is 41.7 Å². The number of fused-ring (bicyclic) bond motifs is 3. The van der Waals surface area contributed by atoms with Gasteiger partial charge in [0.15, 0.2) is 0 Å². The first-order valence-electron chi connectivity index (χ1n) is 11.2. The maximum Gasteiger partial charge on any atom is 0.339 e. The predicted molar refractivity (Wildman–Crippen MR) is 147 cm³/mol. The quantitative estimate of drug-likeness (QED) is 0.134. The molecule has 0 radical (unpaired) electrons. The first-order valence-corrected chi connectivity index (χ1v) is 18.0. The molecule has 1 aliphatic rings. The minimum absolute atomic E-state index is 0.0461. The van der Waals surface area contributed by atoms with Gasteiger partial charge < -0.3 is 4.74 Å². The Balaban J connectivity index is 1.76. The number of anilines is 1. The highest BCUT2D eigenvalue weighted by molar-refractivity contribution is 9.10. The highest BCUT2D eigenvalue weighted by Gasteiger charge is 2.32. The summed E-state index contributed by atoms with van der Waals surface area (Å²) in [6, 6.07) is 11.0. The Morgan fingerprint density at radius 1 is 1.19 bits per heavy atom. The smallest absolute Gasteiger partial charge is 0.339 e. The minimum Gasteiger partial charge on any atom is -0.462 e. The lowest BCUT2D eigenvalue weighted by Crippen LogP contribution is -2.32. The van der Waals surface area contributed by atoms with Crippen molar-refractivity contribution in [3.05, 3.63) is 73.6 Å². The van der Waals surface area contributed by atoms with Crippen LogP contribution in [0.3, 0.4) is 0 Å². The second-order valence-electron chi connectivity index (χ2n) is 9.65. The molecule has 2 heterocycles. The van der Waals surface area contributed by atoms with Crippen LogP contribution in [0.2, 0.25) is 25.7 Å². The molecule has 1 aromatic heterocycles. The van der Waals surface area contributed by atoms with Crippen molar-refractivity contribution < 1.29 is 22.9 Å². The van der Waals surface area contributed by atoms with E-state index in [1.807, 2.05) is 11.4 Å². The van der Waals surface area contributed by atoms with Gasteiger partial charge in [-0.1, -0.05) is 19.6 Å². The molecule has 190 valence electrons. The number of benzene rings is 2. The number of hydrogen-bond acceptors (Lipinski definition) is 7. The minimum atomic E-state index is -4.03. The summed E-state index contributed by atoms with van der Waals surface area (Å²) in [5.74, 6) is -0.463. The molecule has 2 aromatic carbocycles. The van der Waals surface area contributed by atoms with E-state index < -0.39 is 29.0 Å². The van der Waals surface area contributed by atoms with Gasteiger partial charge in [0.2, 0.25) is 0 Å². The third kappa shape index (κ3) is 5.41. The fraction of sp³-hybridized carbons (Fsp3) is 0.292. The van der Waals surface area contributed by atoms with Crippen molar-refractivity contribution in [2.24, 2.45) is 0 Å². The van der Waals surface area contributed by atoms with Crippen LogP contribution >= 0.6 is 27.3 Å². The molecule has 36 heavy (non-hydrogen) atoms. The van der Waals surface area contributed by atoms with Gasteiger partial charge in [-0.3, -0.25) is 14.4 Å². The van der Waals surface area contributed by atoms with Gasteiger partial charge in [0.05, 0.1) is 27.7 Å². The number of hydrogen-bond donors (Lipinski definition) is 0. The molecular weight excluding hydrogens is 584 g/mol. The van der Waals surface area contributed by atoms with E-state index in [0.717, 1.165) is 16.5 Å². The maximum atomic E-state index is 13.7. The van der Waals surface area contributed by atoms with Crippen molar-refractivity contribution in [3.8, 4) is 10.4 Å². The second kappa shape index (κ2) is 10.1. The van der Waals surface area contributed by atoms with E-state index in [4.69, 9.17) is 4.74 Å². The molecule has 8 nitrogen and oxygen atoms in total. The van der Waals surface area contributed by atoms with Crippen LogP contribution in [0.1, 0.15) is 15.9 Å². The van der Waals surface area contributed by atoms with E-state index in [-0.39, 0.29) is 17.1 Å². The first kappa shape index (κ1) is 26.5. The first-order chi connectivity index (χ1) is 16.9. The highest BCUT2D eigenvalue weighted by atomic mass is 79.9. The molecule has 0 unspecified atom stereocenters. The SMILES string of the molecule is C[Si](C)(C)CCOC(=O)c1cc2c(cc1Br)N(S(=O)(=O)c1ccc([N+](=O)[O-])cc1)CCc1ccsc1-2. The zero-order chi connectivity index (χ0) is 26.3. The fourth-order valence-corrected chi connectivity index (χ4v) is 7.53. The number of non-ortho nitro benzene ring substituents is 1. The van der Waals surface area contributed by atoms with Gasteiger partial charge >= 0.3 is 5.97 Å². The molecule has 3 aromatic rings. The Bertz CT molecular complexity index is 1430. The summed E-state index contributed by atoms with van der Waals surface area (Å²) in [7, 11) is -5.41. The summed E-state index contributed by atoms with van der Waals surface area (Å²) in [6.07, 6.45) is 0.479. The summed E-state index contributed by atoms with van der Waals surface area (Å²) in [4.78, 5) is 24.2. The lowest BCUT2D eigenvalue weighted by Gasteiger charge is -2.25. The van der Waals surface area contributed by atoms with Gasteiger partial charge in [-0.25, -0.2) is 13.2 Å². The van der Waals surface area contributed by atoms with Crippen molar-refractivity contribution in [2.75, 3.05) is 17.5 Å². The summed E-state index contributed by atoms with van der Waals surface area (Å²) >= 11 is 4.94. The van der Waals surface area contributed by atoms with Crippen LogP contribution in [-0.2, 0) is 21.2 Å². The Kier molecular flexibility index (Phi) is 7.42. The van der Waals surface area contributed by atoms with Crippen molar-refractivity contribution in [1.82, 2.24) is 0 Å². The summed E-state index contributed by atoms with van der Waals surface area (Å²) in [5.41, 5.74) is 2.19. The van der Waals surface area contributed by atoms with Crippen LogP contribution < -0.4 is 4.31 Å². The third-order valence-corrected chi connectivity index (χ3v) is 11.0. The van der Waals surface area contributed by atoms with Gasteiger partial charge in [-0.2, -0.15) is 0 Å². The Morgan fingerprint density at radius 2 is 1.89 bits per heavy atom. The number of carbonyl (C=O) groups excluding carboxylic acids is 1. The summed E-state index contributed by atoms with van der Waals surface area (Å²) in [5, 5.41) is 13.0. The van der Waals surface area contributed by atoms with Gasteiger partial charge in [-0.15, -0.1) is 11.3 Å². The van der Waals surface area contributed by atoms with Crippen LogP contribution in [0.15, 0.2) is 57.2 Å². The monoisotopic (exact) mass is 608 g/mol. The molecule has 0 aliphatic carbocycles. The maximum absolute atomic E-state index is 13.7. The van der Waals surface area contributed by atoms with Crippen molar-refractivity contribution in [1.29, 1.82) is 0 Å². The normalized spacial score (nSPS) is 13.5. The molecule has 0 N–H and O–H groups in total. The average molecular weight is 610 g/mol. The molecule has 4 rings (SSSR count). The summed E-state index contributed by atoms with van der Waals surface area (Å²) < 4.78 is 34.7. The van der Waals surface area contributed by atoms with E-state index in [2.05, 4.69) is 35.6 Å². The lowest BCUT2D eigenvalue weighted by atomic mass is 10.0. The van der Waals surface area contributed by atoms with Crippen LogP contribution in [0.25, 0.3) is 10.4 Å². The molecule has 0 saturated carbocycles. The number of carbonyl (C=O) groups is 1. The standard InChI is InChI=1S/C24H25BrN2O6S2Si/c1-36(2,3)13-11-33-24(28)19-14-20-22(15-21(19)25)26(10-8-16-9-12-34-23(16)20)35(31,32)18-6-4-17(5-7-18)27(29)30/h4-7,9,12,14-15H,8,10-11,13H2,1-3H3. The Morgan fingerprint density at radius 3 is 2.53 bits per heavy atom. The zero-order valence-electron chi connectivity index (χ0n) is 20.0. The number of thiophene rings is 1. The van der Waals surface area contributed by atoms with Crippen LogP contribution in [0.4, 0.5) is 11.4 Å². The number of sulfonamides is 1. The van der Waals surface area contributed by atoms with E-state index >= 15 is 0 Å². The number of rotatable bonds is 7. The Labute approximate surface area is 223 Å². The molecule has 0 fully saturated rings. The number of halogens is 1. The second-order valence-corrected chi connectivity index (χ2v) is 18.9. The van der Waals surface area contributed by atoms with Crippen LogP contribution in [-0.4, -0.2) is 40.5 Å². The Hall–Kier alpha value is -2.54. The van der Waals surface area contributed by atoms with E-state index in [9.17, 15) is 23.3 Å². The predicted octanol–water partition coefficient (Wildman–Crippen LogP) is 6.33. The van der Waals surface area contributed by atoms with Crippen molar-refractivity contribution in [3.63, 3.8) is 0 Å². The largest absolute Gasteiger partial charge is 0.462 e. The lowest BCUT2D eigenvalue weighted by molar-refractivity contribution is -0.384. The summed E-state index contributed by atoms with van der Waals surface area (Å²) in [6.45, 7) is 7.14. The number of ether oxygens (including phenoxy) is 1. The molecule has 12 heteroatoms. The third-order valence-electron chi connectivity index (χ3n) is 5.87. The van der Waals surface area contributed by atoms with E-state index in [0.29, 0.717) is 34.3 Å². The average Bonchev–Trinajstić information content (AvgIpc) is 3.21. The highest BCUT2D eigenvalue weighted by Crippen LogP contribution is 2.44. The molecule has 0 bridgehead atoms. The zero-order valence-corrected chi connectivity index (χ0v) is 24.2. The van der Waals surface area contributed by atoms with Crippen LogP contribution in [0, 0.1) is 10.1 Å². The van der Waals surface area contributed by atoms with Gasteiger partial charge in [0.1, 0.15) is 0 Å². The van der Waals surface area contributed by atoms with Crippen molar-refractivity contribution >= 4 is 62.7 Å². The van der Waals surface area contributed by atoms with E-state index in [1.165, 1.54) is 39.9 Å². The molecule has 0 atom stereocenters. The molecule has 0 spiro atoms.